The summed E-state index contributed by atoms with van der Waals surface area (Å²) in [7, 11) is 0. The first kappa shape index (κ1) is 13.9. The van der Waals surface area contributed by atoms with Crippen molar-refractivity contribution in [1.29, 1.82) is 0 Å². The Bertz CT molecular complexity index is 104. The van der Waals surface area contributed by atoms with Gasteiger partial charge in [-0.15, -0.1) is 0 Å². The van der Waals surface area contributed by atoms with Crippen LogP contribution in [0.15, 0.2) is 0 Å². The molecule has 0 spiro atoms. The third-order valence-corrected chi connectivity index (χ3v) is 2.37. The van der Waals surface area contributed by atoms with Gasteiger partial charge in [0.05, 0.1) is 12.7 Å². The highest BCUT2D eigenvalue weighted by molar-refractivity contribution is 4.53. The molecular weight excluding hydrogens is 176 g/mol. The molecule has 0 N–H and O–H groups in total. The van der Waals surface area contributed by atoms with Gasteiger partial charge >= 0.3 is 0 Å². The summed E-state index contributed by atoms with van der Waals surface area (Å²) in [5, 5.41) is 0. The lowest BCUT2D eigenvalue weighted by atomic mass is 10.1. The van der Waals surface area contributed by atoms with Crippen molar-refractivity contribution in [2.45, 2.75) is 71.8 Å². The van der Waals surface area contributed by atoms with E-state index in [1.54, 1.807) is 0 Å². The van der Waals surface area contributed by atoms with Crippen LogP contribution in [0.2, 0.25) is 0 Å². The molecule has 2 heteroatoms. The first-order valence-corrected chi connectivity index (χ1v) is 6.13. The van der Waals surface area contributed by atoms with Gasteiger partial charge in [-0.2, -0.15) is 0 Å². The minimum Gasteiger partial charge on any atom is -0.236 e. The van der Waals surface area contributed by atoms with Crippen LogP contribution >= 0.6 is 0 Å². The molecule has 0 aromatic carbocycles. The second-order valence-electron chi connectivity index (χ2n) is 3.80. The van der Waals surface area contributed by atoms with Crippen LogP contribution in [0.4, 0.5) is 0 Å². The molecule has 1 unspecified atom stereocenters. The van der Waals surface area contributed by atoms with Crippen LogP contribution in [0.3, 0.4) is 0 Å². The molecule has 0 aromatic rings. The summed E-state index contributed by atoms with van der Waals surface area (Å²) in [6.45, 7) is 7.27. The second-order valence-corrected chi connectivity index (χ2v) is 3.80. The summed E-state index contributed by atoms with van der Waals surface area (Å²) >= 11 is 0. The van der Waals surface area contributed by atoms with Crippen molar-refractivity contribution in [3.05, 3.63) is 0 Å². The van der Waals surface area contributed by atoms with Crippen LogP contribution in [-0.4, -0.2) is 12.7 Å². The number of unbranched alkanes of at least 4 members (excludes halogenated alkanes) is 3. The van der Waals surface area contributed by atoms with E-state index in [1.165, 1.54) is 19.3 Å². The van der Waals surface area contributed by atoms with Gasteiger partial charge in [0.2, 0.25) is 0 Å². The molecule has 0 heterocycles. The van der Waals surface area contributed by atoms with Crippen LogP contribution < -0.4 is 0 Å². The van der Waals surface area contributed by atoms with E-state index in [9.17, 15) is 0 Å². The van der Waals surface area contributed by atoms with E-state index in [0.29, 0.717) is 6.10 Å². The van der Waals surface area contributed by atoms with Crippen LogP contribution in [0.1, 0.15) is 65.7 Å². The molecule has 86 valence electrons. The zero-order valence-electron chi connectivity index (χ0n) is 10.1. The maximum atomic E-state index is 5.34. The third kappa shape index (κ3) is 8.52. The Morgan fingerprint density at radius 1 is 0.929 bits per heavy atom. The number of rotatable bonds is 10. The Balaban J connectivity index is 3.28. The Labute approximate surface area is 88.9 Å². The fourth-order valence-electron chi connectivity index (χ4n) is 1.29. The Hall–Kier alpha value is -0.0800. The van der Waals surface area contributed by atoms with Gasteiger partial charge in [-0.25, -0.2) is 9.78 Å². The lowest BCUT2D eigenvalue weighted by molar-refractivity contribution is -0.326. The fourth-order valence-corrected chi connectivity index (χ4v) is 1.29. The highest BCUT2D eigenvalue weighted by Gasteiger charge is 2.06. The molecule has 0 rings (SSSR count). The number of hydrogen-bond acceptors (Lipinski definition) is 2. The van der Waals surface area contributed by atoms with Gasteiger partial charge in [0, 0.05) is 0 Å². The molecule has 0 aromatic heterocycles. The molecule has 2 nitrogen and oxygen atoms in total. The molecule has 14 heavy (non-hydrogen) atoms. The smallest absolute Gasteiger partial charge is 0.0927 e. The zero-order valence-corrected chi connectivity index (χ0v) is 10.1. The van der Waals surface area contributed by atoms with Crippen molar-refractivity contribution < 1.29 is 9.78 Å². The summed E-state index contributed by atoms with van der Waals surface area (Å²) < 4.78 is 0. The van der Waals surface area contributed by atoms with Crippen molar-refractivity contribution in [2.75, 3.05) is 6.61 Å². The quantitative estimate of drug-likeness (QED) is 0.302. The number of hydrogen-bond donors (Lipinski definition) is 0. The Morgan fingerprint density at radius 2 is 1.64 bits per heavy atom. The van der Waals surface area contributed by atoms with Gasteiger partial charge in [-0.05, 0) is 19.3 Å². The molecule has 0 fully saturated rings. The summed E-state index contributed by atoms with van der Waals surface area (Å²) in [6, 6.07) is 0. The largest absolute Gasteiger partial charge is 0.236 e. The van der Waals surface area contributed by atoms with Gasteiger partial charge in [0.15, 0.2) is 0 Å². The predicted octanol–water partition coefficient (Wildman–Crippen LogP) is 4.09. The van der Waals surface area contributed by atoms with Crippen LogP contribution in [0.25, 0.3) is 0 Å². The molecule has 1 atom stereocenters. The lowest BCUT2D eigenvalue weighted by Crippen LogP contribution is -2.12. The van der Waals surface area contributed by atoms with Crippen molar-refractivity contribution in [3.63, 3.8) is 0 Å². The topological polar surface area (TPSA) is 18.5 Å². The van der Waals surface area contributed by atoms with Gasteiger partial charge in [0.25, 0.3) is 0 Å². The molecule has 0 aliphatic carbocycles. The van der Waals surface area contributed by atoms with Crippen LogP contribution in [-0.2, 0) is 9.78 Å². The maximum absolute atomic E-state index is 5.34. The standard InChI is InChI=1S/C12H26O2/c1-4-7-9-10-12(6-3)14-13-11-8-5-2/h12H,4-11H2,1-3H3. The Kier molecular flexibility index (Phi) is 10.9. The lowest BCUT2D eigenvalue weighted by Gasteiger charge is -2.14. The molecule has 0 saturated carbocycles. The van der Waals surface area contributed by atoms with Gasteiger partial charge in [-0.1, -0.05) is 46.5 Å². The summed E-state index contributed by atoms with van der Waals surface area (Å²) in [4.78, 5) is 10.5. The van der Waals surface area contributed by atoms with E-state index >= 15 is 0 Å². The van der Waals surface area contributed by atoms with Gasteiger partial charge in [-0.3, -0.25) is 0 Å². The van der Waals surface area contributed by atoms with Crippen molar-refractivity contribution in [1.82, 2.24) is 0 Å². The van der Waals surface area contributed by atoms with E-state index in [2.05, 4.69) is 20.8 Å². The van der Waals surface area contributed by atoms with Crippen molar-refractivity contribution in [3.8, 4) is 0 Å². The van der Waals surface area contributed by atoms with Gasteiger partial charge < -0.3 is 0 Å². The first-order valence-electron chi connectivity index (χ1n) is 6.13. The molecule has 0 saturated heterocycles. The minimum absolute atomic E-state index is 0.304. The minimum atomic E-state index is 0.304. The molecular formula is C12H26O2. The van der Waals surface area contributed by atoms with E-state index in [-0.39, 0.29) is 0 Å². The average molecular weight is 202 g/mol. The average Bonchev–Trinajstić information content (AvgIpc) is 2.22. The molecule has 0 amide bonds. The van der Waals surface area contributed by atoms with Crippen LogP contribution in [0.5, 0.6) is 0 Å². The highest BCUT2D eigenvalue weighted by atomic mass is 17.2. The molecule has 0 aliphatic heterocycles. The summed E-state index contributed by atoms with van der Waals surface area (Å²) in [5.41, 5.74) is 0. The van der Waals surface area contributed by atoms with E-state index in [0.717, 1.165) is 32.3 Å². The summed E-state index contributed by atoms with van der Waals surface area (Å²) in [5.74, 6) is 0. The Morgan fingerprint density at radius 3 is 2.21 bits per heavy atom. The molecule has 0 radical (unpaired) electrons. The summed E-state index contributed by atoms with van der Waals surface area (Å²) in [6.07, 6.45) is 8.57. The molecule has 0 bridgehead atoms. The van der Waals surface area contributed by atoms with E-state index in [1.807, 2.05) is 0 Å². The maximum Gasteiger partial charge on any atom is 0.0927 e. The zero-order chi connectivity index (χ0) is 10.6. The monoisotopic (exact) mass is 202 g/mol. The third-order valence-electron chi connectivity index (χ3n) is 2.37. The highest BCUT2D eigenvalue weighted by Crippen LogP contribution is 2.10. The SMILES string of the molecule is CCCCCC(CC)OOCCCC. The normalized spacial score (nSPS) is 13.1. The predicted molar refractivity (Wildman–Crippen MR) is 60.2 cm³/mol. The first-order chi connectivity index (χ1) is 6.85. The van der Waals surface area contributed by atoms with Crippen LogP contribution in [0, 0.1) is 0 Å². The molecule has 0 aliphatic rings. The van der Waals surface area contributed by atoms with Crippen molar-refractivity contribution >= 4 is 0 Å². The van der Waals surface area contributed by atoms with Gasteiger partial charge in [0.1, 0.15) is 0 Å². The van der Waals surface area contributed by atoms with E-state index < -0.39 is 0 Å². The van der Waals surface area contributed by atoms with Crippen molar-refractivity contribution in [2.24, 2.45) is 0 Å². The second kappa shape index (κ2) is 11.0. The fraction of sp³-hybridized carbons (Fsp3) is 1.00. The van der Waals surface area contributed by atoms with E-state index in [4.69, 9.17) is 9.78 Å².